The summed E-state index contributed by atoms with van der Waals surface area (Å²) in [6, 6.07) is 40.7. The van der Waals surface area contributed by atoms with E-state index in [2.05, 4.69) is 66.5 Å². The van der Waals surface area contributed by atoms with Gasteiger partial charge in [-0.05, 0) is 65.2 Å². The number of carbonyl (C=O) groups is 2. The molecule has 0 aromatic heterocycles. The molecule has 4 atom stereocenters. The topological polar surface area (TPSA) is 68.0 Å². The number of hydrazine groups is 1. The highest BCUT2D eigenvalue weighted by Crippen LogP contribution is 2.68. The zero-order valence-corrected chi connectivity index (χ0v) is 26.8. The van der Waals surface area contributed by atoms with E-state index in [1.807, 2.05) is 103 Å². The van der Waals surface area contributed by atoms with Gasteiger partial charge < -0.3 is 4.90 Å². The first kappa shape index (κ1) is 26.8. The molecule has 4 aliphatic rings. The lowest BCUT2D eigenvalue weighted by Crippen LogP contribution is -2.62. The molecule has 0 saturated carbocycles. The molecule has 45 heavy (non-hydrogen) atoms. The number of imide groups is 1. The van der Waals surface area contributed by atoms with Gasteiger partial charge in [-0.2, -0.15) is 5.43 Å². The number of benzene rings is 5. The Kier molecular flexibility index (Phi) is 5.62. The zero-order valence-electron chi connectivity index (χ0n) is 23.6. The highest BCUT2D eigenvalue weighted by Gasteiger charge is 2.85. The third kappa shape index (κ3) is 3.34. The van der Waals surface area contributed by atoms with Gasteiger partial charge in [0, 0.05) is 42.2 Å². The number of para-hydroxylation sites is 1. The monoisotopic (exact) mass is 716 g/mol. The lowest BCUT2D eigenvalue weighted by molar-refractivity contribution is -0.570. The van der Waals surface area contributed by atoms with Crippen molar-refractivity contribution in [3.8, 4) is 11.1 Å². The average molecular weight is 718 g/mol. The van der Waals surface area contributed by atoms with Gasteiger partial charge in [0.15, 0.2) is 5.54 Å². The number of amides is 2. The maximum absolute atomic E-state index is 15.0. The van der Waals surface area contributed by atoms with Crippen LogP contribution >= 0.6 is 31.9 Å². The van der Waals surface area contributed by atoms with Crippen LogP contribution < -0.4 is 15.2 Å². The lowest BCUT2D eigenvalue weighted by atomic mass is 9.63. The van der Waals surface area contributed by atoms with E-state index in [9.17, 15) is 9.59 Å². The molecule has 5 aromatic carbocycles. The van der Waals surface area contributed by atoms with E-state index in [1.165, 1.54) is 4.90 Å². The average Bonchev–Trinajstić information content (AvgIpc) is 3.65. The van der Waals surface area contributed by atoms with Gasteiger partial charge in [0.05, 0.1) is 5.69 Å². The van der Waals surface area contributed by atoms with Crippen LogP contribution in [0.25, 0.3) is 11.1 Å². The molecule has 0 unspecified atom stereocenters. The summed E-state index contributed by atoms with van der Waals surface area (Å²) in [5.41, 5.74) is 7.53. The standard InChI is InChI=1S/C36H24Br2N5O2/c37-22-14-18-25(19-15-22)42-32-31(33(44)41(34(32)45)24-8-2-1-3-9-24)35-29-12-6-4-10-27(29)28-11-5-7-13-30(28)36(35,42)40-43(39-35)26-20-16-23(38)17-21-26/h1-21,31-32H,(H,39,40)/q+1/t31-,32+,35-,36+/m1/s1. The molecular formula is C36H24Br2N5O2+. The molecular weight excluding hydrogens is 694 g/mol. The Morgan fingerprint density at radius 1 is 0.644 bits per heavy atom. The van der Waals surface area contributed by atoms with Crippen molar-refractivity contribution in [2.24, 2.45) is 11.0 Å². The minimum Gasteiger partial charge on any atom is -0.323 e. The summed E-state index contributed by atoms with van der Waals surface area (Å²) in [6.07, 6.45) is 0. The van der Waals surface area contributed by atoms with E-state index >= 15 is 0 Å². The third-order valence-electron chi connectivity index (χ3n) is 9.58. The predicted molar refractivity (Wildman–Crippen MR) is 178 cm³/mol. The van der Waals surface area contributed by atoms with Crippen molar-refractivity contribution in [2.45, 2.75) is 17.2 Å². The molecule has 3 aliphatic heterocycles. The number of nitrogens with zero attached hydrogens (tertiary/aromatic N) is 4. The molecule has 9 heteroatoms. The van der Waals surface area contributed by atoms with Gasteiger partial charge in [-0.25, -0.2) is 4.90 Å². The SMILES string of the molecule is O=C1[C@@H]2[C@H](C(=O)N1c1ccccc1)[C@@]13N[N+](c4ccc(Br)cc4)=N[C@@]1(c1ccccc1-c1ccccc13)N2c1ccc(Br)cc1. The Bertz CT molecular complexity index is 2090. The molecule has 5 aromatic rings. The van der Waals surface area contributed by atoms with E-state index in [-0.39, 0.29) is 11.8 Å². The summed E-state index contributed by atoms with van der Waals surface area (Å²) in [5.74, 6) is -1.33. The van der Waals surface area contributed by atoms with Gasteiger partial charge in [0.2, 0.25) is 5.91 Å². The fourth-order valence-corrected chi connectivity index (χ4v) is 8.47. The Balaban J connectivity index is 1.41. The van der Waals surface area contributed by atoms with Crippen molar-refractivity contribution in [3.05, 3.63) is 147 Å². The lowest BCUT2D eigenvalue weighted by Gasteiger charge is -2.45. The summed E-state index contributed by atoms with van der Waals surface area (Å²) in [7, 11) is 0. The van der Waals surface area contributed by atoms with E-state index in [4.69, 9.17) is 5.11 Å². The van der Waals surface area contributed by atoms with E-state index in [1.54, 1.807) is 4.81 Å². The number of anilines is 2. The van der Waals surface area contributed by atoms with Crippen LogP contribution in [0.15, 0.2) is 141 Å². The van der Waals surface area contributed by atoms with Crippen molar-refractivity contribution in [1.82, 2.24) is 5.43 Å². The predicted octanol–water partition coefficient (Wildman–Crippen LogP) is 7.63. The summed E-state index contributed by atoms with van der Waals surface area (Å²) in [6.45, 7) is 0. The quantitative estimate of drug-likeness (QED) is 0.154. The number of hydrogen-bond donors (Lipinski definition) is 1. The minimum absolute atomic E-state index is 0.255. The molecule has 2 saturated heterocycles. The van der Waals surface area contributed by atoms with Crippen LogP contribution in [0.1, 0.15) is 11.1 Å². The van der Waals surface area contributed by atoms with Crippen LogP contribution in [-0.2, 0) is 20.8 Å². The largest absolute Gasteiger partial charge is 0.323 e. The first-order chi connectivity index (χ1) is 22.0. The Morgan fingerprint density at radius 3 is 1.91 bits per heavy atom. The fraction of sp³-hybridized carbons (Fsp3) is 0.111. The van der Waals surface area contributed by atoms with Gasteiger partial charge in [-0.3, -0.25) is 9.59 Å². The van der Waals surface area contributed by atoms with Gasteiger partial charge in [-0.1, -0.05) is 98.6 Å². The summed E-state index contributed by atoms with van der Waals surface area (Å²) in [5, 5.41) is 5.56. The van der Waals surface area contributed by atoms with Gasteiger partial charge in [0.25, 0.3) is 17.3 Å². The molecule has 0 radical (unpaired) electrons. The molecule has 7 nitrogen and oxygen atoms in total. The highest BCUT2D eigenvalue weighted by atomic mass is 79.9. The number of halogens is 2. The first-order valence-electron chi connectivity index (χ1n) is 14.7. The smallest absolute Gasteiger partial charge is 0.265 e. The molecule has 0 spiro atoms. The maximum atomic E-state index is 15.0. The Morgan fingerprint density at radius 2 is 1.22 bits per heavy atom. The second-order valence-corrected chi connectivity index (χ2v) is 13.5. The second-order valence-electron chi connectivity index (χ2n) is 11.7. The highest BCUT2D eigenvalue weighted by molar-refractivity contribution is 9.10. The molecule has 9 rings (SSSR count). The number of rotatable bonds is 3. The third-order valence-corrected chi connectivity index (χ3v) is 10.6. The van der Waals surface area contributed by atoms with Gasteiger partial charge in [-0.15, -0.1) is 0 Å². The molecule has 1 N–H and O–H groups in total. The summed E-state index contributed by atoms with van der Waals surface area (Å²) < 4.78 is 1.86. The minimum atomic E-state index is -1.19. The van der Waals surface area contributed by atoms with Crippen molar-refractivity contribution < 1.29 is 14.4 Å². The zero-order chi connectivity index (χ0) is 30.5. The number of carbonyl (C=O) groups excluding carboxylic acids is 2. The molecule has 2 amide bonds. The van der Waals surface area contributed by atoms with Crippen LogP contribution in [0, 0.1) is 5.92 Å². The molecule has 2 fully saturated rings. The van der Waals surface area contributed by atoms with Gasteiger partial charge in [0.1, 0.15) is 12.0 Å². The second kappa shape index (κ2) is 9.45. The molecule has 1 aliphatic carbocycles. The number of fused-ring (bicyclic) bond motifs is 4. The number of azo groups is 1. The Labute approximate surface area is 276 Å². The van der Waals surface area contributed by atoms with Crippen LogP contribution in [-0.4, -0.2) is 22.7 Å². The van der Waals surface area contributed by atoms with Crippen molar-refractivity contribution in [3.63, 3.8) is 0 Å². The van der Waals surface area contributed by atoms with E-state index in [0.29, 0.717) is 5.69 Å². The summed E-state index contributed by atoms with van der Waals surface area (Å²) >= 11 is 7.15. The number of hydrogen-bond acceptors (Lipinski definition) is 5. The normalized spacial score (nSPS) is 25.6. The molecule has 0 bridgehead atoms. The number of nitrogens with one attached hydrogen (secondary N) is 1. The van der Waals surface area contributed by atoms with Crippen molar-refractivity contribution >= 4 is 60.7 Å². The van der Waals surface area contributed by atoms with Crippen molar-refractivity contribution in [1.29, 1.82) is 0 Å². The van der Waals surface area contributed by atoms with Crippen LogP contribution in [0.4, 0.5) is 17.1 Å². The fourth-order valence-electron chi connectivity index (χ4n) is 7.94. The van der Waals surface area contributed by atoms with Crippen LogP contribution in [0.3, 0.4) is 0 Å². The van der Waals surface area contributed by atoms with E-state index in [0.717, 1.165) is 42.6 Å². The first-order valence-corrected chi connectivity index (χ1v) is 16.3. The van der Waals surface area contributed by atoms with Crippen molar-refractivity contribution in [2.75, 3.05) is 9.80 Å². The maximum Gasteiger partial charge on any atom is 0.265 e. The summed E-state index contributed by atoms with van der Waals surface area (Å²) in [4.78, 5) is 35.1. The van der Waals surface area contributed by atoms with Crippen LogP contribution in [0.2, 0.25) is 0 Å². The Hall–Kier alpha value is -4.60. The van der Waals surface area contributed by atoms with Gasteiger partial charge >= 0.3 is 0 Å². The van der Waals surface area contributed by atoms with E-state index < -0.39 is 23.2 Å². The molecule has 218 valence electrons. The van der Waals surface area contributed by atoms with Crippen LogP contribution in [0.5, 0.6) is 0 Å². The molecule has 3 heterocycles.